The van der Waals surface area contributed by atoms with Gasteiger partial charge in [0.05, 0.1) is 0 Å². The number of likely N-dealkylation sites (tertiary alicyclic amines) is 1. The summed E-state index contributed by atoms with van der Waals surface area (Å²) in [6.45, 7) is 5.43. The van der Waals surface area contributed by atoms with Crippen LogP contribution in [-0.2, 0) is 14.3 Å². The Bertz CT molecular complexity index is 379. The molecule has 0 N–H and O–H groups in total. The predicted molar refractivity (Wildman–Crippen MR) is 69.8 cm³/mol. The van der Waals surface area contributed by atoms with E-state index in [4.69, 9.17) is 21.1 Å². The van der Waals surface area contributed by atoms with Crippen LogP contribution in [0.4, 0.5) is 4.79 Å². The Morgan fingerprint density at radius 2 is 2.00 bits per heavy atom. The van der Waals surface area contributed by atoms with Crippen LogP contribution in [0.5, 0.6) is 0 Å². The van der Waals surface area contributed by atoms with Crippen molar-refractivity contribution in [1.82, 2.24) is 4.90 Å². The van der Waals surface area contributed by atoms with Gasteiger partial charge in [-0.1, -0.05) is 11.6 Å². The molecule has 108 valence electrons. The number of alkyl halides is 1. The zero-order valence-corrected chi connectivity index (χ0v) is 12.3. The average Bonchev–Trinajstić information content (AvgIpc) is 2.85. The molecule has 1 aliphatic heterocycles. The first-order valence-electron chi connectivity index (χ1n) is 6.57. The van der Waals surface area contributed by atoms with Gasteiger partial charge in [0, 0.05) is 6.04 Å². The predicted octanol–water partition coefficient (Wildman–Crippen LogP) is 2.51. The molecule has 1 saturated heterocycles. The van der Waals surface area contributed by atoms with Crippen LogP contribution in [0.25, 0.3) is 0 Å². The van der Waals surface area contributed by atoms with Crippen LogP contribution in [0.1, 0.15) is 40.0 Å². The van der Waals surface area contributed by atoms with Gasteiger partial charge in [-0.15, -0.1) is 0 Å². The maximum Gasteiger partial charge on any atom is 0.411 e. The highest BCUT2D eigenvalue weighted by molar-refractivity contribution is 6.17. The third-order valence-electron chi connectivity index (χ3n) is 3.63. The molecular weight excluding hydrogens is 270 g/mol. The number of piperidine rings is 1. The number of rotatable bonds is 2. The fourth-order valence-corrected chi connectivity index (χ4v) is 3.12. The minimum absolute atomic E-state index is 0.0905. The molecule has 0 radical (unpaired) electrons. The third-order valence-corrected chi connectivity index (χ3v) is 3.74. The van der Waals surface area contributed by atoms with Crippen LogP contribution >= 0.6 is 11.6 Å². The molecule has 0 aromatic rings. The summed E-state index contributed by atoms with van der Waals surface area (Å²) in [5.41, 5.74) is -0.570. The normalized spacial score (nSPS) is 29.5. The Balaban J connectivity index is 2.12. The summed E-state index contributed by atoms with van der Waals surface area (Å²) in [5.74, 6) is -0.249. The van der Waals surface area contributed by atoms with Gasteiger partial charge in [0.25, 0.3) is 0 Å². The zero-order chi connectivity index (χ0) is 14.2. The maximum absolute atomic E-state index is 12.2. The molecule has 6 heteroatoms. The zero-order valence-electron chi connectivity index (χ0n) is 11.5. The number of carbonyl (C=O) groups is 2. The second kappa shape index (κ2) is 5.19. The summed E-state index contributed by atoms with van der Waals surface area (Å²) in [6, 6.07) is -0.630. The van der Waals surface area contributed by atoms with Gasteiger partial charge >= 0.3 is 12.1 Å². The van der Waals surface area contributed by atoms with Gasteiger partial charge in [-0.05, 0) is 46.0 Å². The molecule has 1 saturated carbocycles. The monoisotopic (exact) mass is 289 g/mol. The lowest BCUT2D eigenvalue weighted by Gasteiger charge is -2.34. The van der Waals surface area contributed by atoms with Crippen molar-refractivity contribution in [2.24, 2.45) is 5.92 Å². The fourth-order valence-electron chi connectivity index (χ4n) is 3.01. The standard InChI is InChI=1S/C13H20ClNO4/c1-13(2,3)19-12(17)15-9-5-4-8(6-9)10(15)11(16)18-7-14/h8-10H,4-7H2,1-3H3/t8-,9+,10-/m0/s1. The van der Waals surface area contributed by atoms with Gasteiger partial charge in [-0.25, -0.2) is 9.59 Å². The first-order chi connectivity index (χ1) is 8.83. The molecule has 0 aromatic heterocycles. The number of nitrogens with zero attached hydrogens (tertiary/aromatic N) is 1. The Morgan fingerprint density at radius 3 is 2.58 bits per heavy atom. The number of ether oxygens (including phenoxy) is 2. The van der Waals surface area contributed by atoms with E-state index in [0.29, 0.717) is 0 Å². The number of carbonyl (C=O) groups excluding carboxylic acids is 2. The van der Waals surface area contributed by atoms with Gasteiger partial charge in [0.2, 0.25) is 0 Å². The Kier molecular flexibility index (Phi) is 3.95. The highest BCUT2D eigenvalue weighted by Crippen LogP contribution is 2.43. The summed E-state index contributed by atoms with van der Waals surface area (Å²) >= 11 is 5.43. The molecule has 1 aliphatic carbocycles. The Morgan fingerprint density at radius 1 is 1.32 bits per heavy atom. The molecule has 2 rings (SSSR count). The Hall–Kier alpha value is -0.970. The first kappa shape index (κ1) is 14.4. The van der Waals surface area contributed by atoms with E-state index < -0.39 is 23.7 Å². The van der Waals surface area contributed by atoms with Gasteiger partial charge in [-0.3, -0.25) is 4.90 Å². The second-order valence-electron chi connectivity index (χ2n) is 6.13. The van der Waals surface area contributed by atoms with Crippen LogP contribution in [-0.4, -0.2) is 40.7 Å². The average molecular weight is 290 g/mol. The van der Waals surface area contributed by atoms with Crippen LogP contribution < -0.4 is 0 Å². The summed E-state index contributed by atoms with van der Waals surface area (Å²) in [6.07, 6.45) is 2.29. The van der Waals surface area contributed by atoms with Crippen molar-refractivity contribution in [3.8, 4) is 0 Å². The molecule has 5 nitrogen and oxygen atoms in total. The van der Waals surface area contributed by atoms with Crippen molar-refractivity contribution in [2.45, 2.75) is 57.7 Å². The Labute approximate surface area is 118 Å². The molecule has 2 bridgehead atoms. The van der Waals surface area contributed by atoms with Crippen LogP contribution in [0, 0.1) is 5.92 Å². The lowest BCUT2D eigenvalue weighted by Crippen LogP contribution is -2.51. The molecule has 3 atom stereocenters. The van der Waals surface area contributed by atoms with E-state index in [-0.39, 0.29) is 18.0 Å². The highest BCUT2D eigenvalue weighted by atomic mass is 35.5. The maximum atomic E-state index is 12.2. The molecule has 1 amide bonds. The topological polar surface area (TPSA) is 55.8 Å². The van der Waals surface area contributed by atoms with Gasteiger partial charge in [-0.2, -0.15) is 0 Å². The van der Waals surface area contributed by atoms with Crippen molar-refractivity contribution < 1.29 is 19.1 Å². The van der Waals surface area contributed by atoms with E-state index in [2.05, 4.69) is 0 Å². The number of esters is 1. The summed E-state index contributed by atoms with van der Waals surface area (Å²) < 4.78 is 10.2. The minimum atomic E-state index is -0.570. The van der Waals surface area contributed by atoms with Gasteiger partial charge in [0.1, 0.15) is 11.6 Å². The molecule has 0 spiro atoms. The molecule has 0 unspecified atom stereocenters. The van der Waals surface area contributed by atoms with Gasteiger partial charge in [0.15, 0.2) is 6.07 Å². The molecular formula is C13H20ClNO4. The number of amides is 1. The molecule has 1 heterocycles. The number of hydrogen-bond donors (Lipinski definition) is 0. The highest BCUT2D eigenvalue weighted by Gasteiger charge is 2.53. The van der Waals surface area contributed by atoms with Crippen molar-refractivity contribution in [3.05, 3.63) is 0 Å². The van der Waals surface area contributed by atoms with Crippen LogP contribution in [0.15, 0.2) is 0 Å². The molecule has 0 aromatic carbocycles. The largest absolute Gasteiger partial charge is 0.448 e. The van der Waals surface area contributed by atoms with E-state index in [1.165, 1.54) is 0 Å². The number of fused-ring (bicyclic) bond motifs is 2. The summed E-state index contributed by atoms with van der Waals surface area (Å²) in [7, 11) is 0. The second-order valence-corrected chi connectivity index (χ2v) is 6.35. The van der Waals surface area contributed by atoms with E-state index in [9.17, 15) is 9.59 Å². The quantitative estimate of drug-likeness (QED) is 0.579. The summed E-state index contributed by atoms with van der Waals surface area (Å²) in [5, 5.41) is 0. The van der Waals surface area contributed by atoms with Crippen molar-refractivity contribution in [3.63, 3.8) is 0 Å². The van der Waals surface area contributed by atoms with Gasteiger partial charge < -0.3 is 9.47 Å². The molecule has 2 fully saturated rings. The van der Waals surface area contributed by atoms with E-state index in [1.807, 2.05) is 20.8 Å². The van der Waals surface area contributed by atoms with E-state index >= 15 is 0 Å². The van der Waals surface area contributed by atoms with Crippen molar-refractivity contribution in [2.75, 3.05) is 6.07 Å². The number of halogens is 1. The van der Waals surface area contributed by atoms with Crippen molar-refractivity contribution >= 4 is 23.7 Å². The van der Waals surface area contributed by atoms with Crippen molar-refractivity contribution in [1.29, 1.82) is 0 Å². The van der Waals surface area contributed by atoms with Crippen LogP contribution in [0.2, 0.25) is 0 Å². The summed E-state index contributed by atoms with van der Waals surface area (Å²) in [4.78, 5) is 25.7. The number of hydrogen-bond acceptors (Lipinski definition) is 4. The third kappa shape index (κ3) is 2.96. The molecule has 2 aliphatic rings. The van der Waals surface area contributed by atoms with E-state index in [0.717, 1.165) is 19.3 Å². The fraction of sp³-hybridized carbons (Fsp3) is 0.846. The minimum Gasteiger partial charge on any atom is -0.448 e. The van der Waals surface area contributed by atoms with Crippen LogP contribution in [0.3, 0.4) is 0 Å². The lowest BCUT2D eigenvalue weighted by atomic mass is 9.99. The SMILES string of the molecule is CC(C)(C)OC(=O)N1[C@@H]2CC[C@@H](C2)[C@H]1C(=O)OCCl. The molecule has 19 heavy (non-hydrogen) atoms. The first-order valence-corrected chi connectivity index (χ1v) is 7.11. The smallest absolute Gasteiger partial charge is 0.411 e. The van der Waals surface area contributed by atoms with E-state index in [1.54, 1.807) is 4.90 Å². The lowest BCUT2D eigenvalue weighted by molar-refractivity contribution is -0.149.